The van der Waals surface area contributed by atoms with Crippen molar-refractivity contribution in [1.29, 1.82) is 0 Å². The second kappa shape index (κ2) is 9.20. The molecule has 1 amide bonds. The summed E-state index contributed by atoms with van der Waals surface area (Å²) >= 11 is 0. The number of rotatable bonds is 5. The van der Waals surface area contributed by atoms with Crippen molar-refractivity contribution in [2.45, 2.75) is 0 Å². The molecule has 8 nitrogen and oxygen atoms in total. The zero-order chi connectivity index (χ0) is 22.6. The van der Waals surface area contributed by atoms with Crippen LogP contribution in [-0.4, -0.2) is 61.1 Å². The maximum absolute atomic E-state index is 12.6. The van der Waals surface area contributed by atoms with Gasteiger partial charge in [0, 0.05) is 37.8 Å². The van der Waals surface area contributed by atoms with Gasteiger partial charge in [-0.15, -0.1) is 10.2 Å². The van der Waals surface area contributed by atoms with Crippen molar-refractivity contribution >= 4 is 17.8 Å². The van der Waals surface area contributed by atoms with E-state index in [0.29, 0.717) is 31.9 Å². The molecular weight excluding hydrogens is 420 g/mol. The number of fused-ring (bicyclic) bond motifs is 1. The van der Waals surface area contributed by atoms with Crippen LogP contribution in [0.25, 0.3) is 17.3 Å². The summed E-state index contributed by atoms with van der Waals surface area (Å²) in [5, 5.41) is 8.78. The predicted molar refractivity (Wildman–Crippen MR) is 124 cm³/mol. The first-order chi connectivity index (χ1) is 16.2. The summed E-state index contributed by atoms with van der Waals surface area (Å²) in [4.78, 5) is 16.6. The number of hydrogen-bond acceptors (Lipinski definition) is 7. The highest BCUT2D eigenvalue weighted by molar-refractivity contribution is 5.92. The maximum Gasteiger partial charge on any atom is 0.246 e. The summed E-state index contributed by atoms with van der Waals surface area (Å²) in [6.45, 7) is 2.92. The molecule has 0 unspecified atom stereocenters. The number of anilines is 1. The van der Waals surface area contributed by atoms with Crippen LogP contribution in [0.4, 0.5) is 5.82 Å². The Morgan fingerprint density at radius 3 is 2.45 bits per heavy atom. The van der Waals surface area contributed by atoms with Gasteiger partial charge >= 0.3 is 0 Å². The van der Waals surface area contributed by atoms with E-state index in [1.807, 2.05) is 59.5 Å². The monoisotopic (exact) mass is 444 g/mol. The first-order valence-corrected chi connectivity index (χ1v) is 10.8. The Balaban J connectivity index is 1.16. The van der Waals surface area contributed by atoms with Crippen LogP contribution in [0.5, 0.6) is 17.2 Å². The van der Waals surface area contributed by atoms with Crippen molar-refractivity contribution in [3.63, 3.8) is 0 Å². The molecule has 1 fully saturated rings. The average Bonchev–Trinajstić information content (AvgIpc) is 3.35. The van der Waals surface area contributed by atoms with Gasteiger partial charge < -0.3 is 24.0 Å². The Morgan fingerprint density at radius 1 is 0.939 bits per heavy atom. The van der Waals surface area contributed by atoms with Crippen LogP contribution in [0.3, 0.4) is 0 Å². The fourth-order valence-electron chi connectivity index (χ4n) is 3.86. The van der Waals surface area contributed by atoms with Crippen molar-refractivity contribution in [3.8, 4) is 28.5 Å². The summed E-state index contributed by atoms with van der Waals surface area (Å²) in [6.07, 6.45) is 3.41. The van der Waals surface area contributed by atoms with Gasteiger partial charge in [-0.3, -0.25) is 4.79 Å². The number of piperazine rings is 1. The van der Waals surface area contributed by atoms with Gasteiger partial charge in [0.05, 0.1) is 12.8 Å². The van der Waals surface area contributed by atoms with E-state index in [0.717, 1.165) is 34.1 Å². The average molecular weight is 444 g/mol. The number of aromatic nitrogens is 2. The molecular formula is C25H24N4O4. The van der Waals surface area contributed by atoms with Gasteiger partial charge in [0.1, 0.15) is 5.75 Å². The minimum absolute atomic E-state index is 0.00625. The molecule has 0 N–H and O–H groups in total. The first-order valence-electron chi connectivity index (χ1n) is 10.8. The number of amides is 1. The lowest BCUT2D eigenvalue weighted by molar-refractivity contribution is -0.126. The minimum atomic E-state index is -0.00625. The molecule has 2 aromatic carbocycles. The Bertz CT molecular complexity index is 1150. The largest absolute Gasteiger partial charge is 0.497 e. The molecule has 33 heavy (non-hydrogen) atoms. The number of ether oxygens (including phenoxy) is 3. The lowest BCUT2D eigenvalue weighted by Gasteiger charge is -2.34. The molecule has 1 saturated heterocycles. The highest BCUT2D eigenvalue weighted by Crippen LogP contribution is 2.32. The van der Waals surface area contributed by atoms with Crippen LogP contribution in [0.2, 0.25) is 0 Å². The van der Waals surface area contributed by atoms with E-state index in [1.54, 1.807) is 19.3 Å². The van der Waals surface area contributed by atoms with Gasteiger partial charge in [0.25, 0.3) is 0 Å². The van der Waals surface area contributed by atoms with E-state index in [-0.39, 0.29) is 12.7 Å². The Kier molecular flexibility index (Phi) is 5.80. The van der Waals surface area contributed by atoms with E-state index >= 15 is 0 Å². The van der Waals surface area contributed by atoms with Crippen LogP contribution < -0.4 is 19.1 Å². The van der Waals surface area contributed by atoms with Crippen LogP contribution in [0.15, 0.2) is 60.7 Å². The van der Waals surface area contributed by atoms with E-state index in [4.69, 9.17) is 14.2 Å². The summed E-state index contributed by atoms with van der Waals surface area (Å²) in [6, 6.07) is 17.3. The van der Waals surface area contributed by atoms with E-state index in [1.165, 1.54) is 0 Å². The molecule has 1 aromatic heterocycles. The molecule has 3 aromatic rings. The molecule has 0 spiro atoms. The second-order valence-electron chi connectivity index (χ2n) is 7.76. The zero-order valence-electron chi connectivity index (χ0n) is 18.3. The Morgan fingerprint density at radius 2 is 1.73 bits per heavy atom. The topological polar surface area (TPSA) is 77.0 Å². The fraction of sp³-hybridized carbons (Fsp3) is 0.240. The van der Waals surface area contributed by atoms with Gasteiger partial charge in [-0.2, -0.15) is 0 Å². The molecule has 8 heteroatoms. The Hall–Kier alpha value is -4.07. The standard InChI is InChI=1S/C25H24N4O4/c1-31-20-6-4-19(5-7-20)21-8-10-24(27-26-21)28-12-14-29(15-13-28)25(30)11-3-18-2-9-22-23(16-18)33-17-32-22/h2-11,16H,12-15,17H2,1H3/b11-3+. The minimum Gasteiger partial charge on any atom is -0.497 e. The maximum atomic E-state index is 12.6. The third-order valence-electron chi connectivity index (χ3n) is 5.77. The van der Waals surface area contributed by atoms with Crippen LogP contribution in [-0.2, 0) is 4.79 Å². The molecule has 3 heterocycles. The quantitative estimate of drug-likeness (QED) is 0.559. The number of benzene rings is 2. The molecule has 0 atom stereocenters. The second-order valence-corrected chi connectivity index (χ2v) is 7.76. The van der Waals surface area contributed by atoms with Crippen LogP contribution in [0.1, 0.15) is 5.56 Å². The third kappa shape index (κ3) is 4.59. The molecule has 0 radical (unpaired) electrons. The first kappa shape index (κ1) is 20.8. The number of nitrogens with zero attached hydrogens (tertiary/aromatic N) is 4. The highest BCUT2D eigenvalue weighted by atomic mass is 16.7. The van der Waals surface area contributed by atoms with Gasteiger partial charge in [0.2, 0.25) is 12.7 Å². The van der Waals surface area contributed by atoms with Gasteiger partial charge in [-0.25, -0.2) is 0 Å². The lowest BCUT2D eigenvalue weighted by Crippen LogP contribution is -2.48. The fourth-order valence-corrected chi connectivity index (χ4v) is 3.86. The van der Waals surface area contributed by atoms with Crippen molar-refractivity contribution in [2.24, 2.45) is 0 Å². The van der Waals surface area contributed by atoms with Crippen LogP contribution in [0, 0.1) is 0 Å². The molecule has 0 saturated carbocycles. The molecule has 2 aliphatic rings. The molecule has 0 bridgehead atoms. The number of methoxy groups -OCH3 is 1. The van der Waals surface area contributed by atoms with Crippen LogP contribution >= 0.6 is 0 Å². The predicted octanol–water partition coefficient (Wildman–Crippen LogP) is 3.24. The number of hydrogen-bond donors (Lipinski definition) is 0. The number of carbonyl (C=O) groups excluding carboxylic acids is 1. The summed E-state index contributed by atoms with van der Waals surface area (Å²) in [5.41, 5.74) is 2.70. The van der Waals surface area contributed by atoms with Gasteiger partial charge in [-0.1, -0.05) is 6.07 Å². The van der Waals surface area contributed by atoms with E-state index in [2.05, 4.69) is 15.1 Å². The van der Waals surface area contributed by atoms with Gasteiger partial charge in [-0.05, 0) is 60.2 Å². The normalized spacial score (nSPS) is 15.2. The molecule has 5 rings (SSSR count). The molecule has 168 valence electrons. The molecule has 2 aliphatic heterocycles. The van der Waals surface area contributed by atoms with Crippen molar-refractivity contribution in [1.82, 2.24) is 15.1 Å². The van der Waals surface area contributed by atoms with E-state index < -0.39 is 0 Å². The highest BCUT2D eigenvalue weighted by Gasteiger charge is 2.21. The lowest BCUT2D eigenvalue weighted by atomic mass is 10.1. The van der Waals surface area contributed by atoms with E-state index in [9.17, 15) is 4.79 Å². The summed E-state index contributed by atoms with van der Waals surface area (Å²) in [7, 11) is 1.65. The van der Waals surface area contributed by atoms with Gasteiger partial charge in [0.15, 0.2) is 17.3 Å². The third-order valence-corrected chi connectivity index (χ3v) is 5.77. The smallest absolute Gasteiger partial charge is 0.246 e. The SMILES string of the molecule is COc1ccc(-c2ccc(N3CCN(C(=O)/C=C/c4ccc5c(c4)OCO5)CC3)nn2)cc1. The zero-order valence-corrected chi connectivity index (χ0v) is 18.3. The van der Waals surface area contributed by atoms with Crippen molar-refractivity contribution < 1.29 is 19.0 Å². The summed E-state index contributed by atoms with van der Waals surface area (Å²) in [5.74, 6) is 3.05. The molecule has 0 aliphatic carbocycles. The van der Waals surface area contributed by atoms with Crippen molar-refractivity contribution in [3.05, 3.63) is 66.2 Å². The van der Waals surface area contributed by atoms with Crippen molar-refractivity contribution in [2.75, 3.05) is 45.0 Å². The summed E-state index contributed by atoms with van der Waals surface area (Å²) < 4.78 is 15.9. The Labute approximate surface area is 192 Å². The number of carbonyl (C=O) groups is 1.